The summed E-state index contributed by atoms with van der Waals surface area (Å²) in [4.78, 5) is 19.1. The summed E-state index contributed by atoms with van der Waals surface area (Å²) in [6, 6.07) is 12.8. The molecule has 1 atom stereocenters. The third-order valence-electron chi connectivity index (χ3n) is 10.0. The van der Waals surface area contributed by atoms with E-state index in [4.69, 9.17) is 32.0 Å². The van der Waals surface area contributed by atoms with Crippen molar-refractivity contribution in [2.24, 2.45) is 5.92 Å². The molecular weight excluding hydrogens is 640 g/mol. The highest BCUT2D eigenvalue weighted by Gasteiger charge is 2.61. The van der Waals surface area contributed by atoms with Crippen molar-refractivity contribution >= 4 is 43.1 Å². The van der Waals surface area contributed by atoms with Gasteiger partial charge < -0.3 is 18.6 Å². The molecule has 1 aromatic heterocycles. The maximum atomic E-state index is 15.3. The second kappa shape index (κ2) is 13.1. The zero-order chi connectivity index (χ0) is 32.7. The predicted molar refractivity (Wildman–Crippen MR) is 176 cm³/mol. The van der Waals surface area contributed by atoms with E-state index in [9.17, 15) is 0 Å². The van der Waals surface area contributed by atoms with Gasteiger partial charge in [-0.15, -0.1) is 0 Å². The van der Waals surface area contributed by atoms with E-state index < -0.39 is 31.6 Å². The zero-order valence-corrected chi connectivity index (χ0v) is 29.0. The first kappa shape index (κ1) is 34.0. The van der Waals surface area contributed by atoms with Crippen LogP contribution in [0.2, 0.25) is 28.2 Å². The molecule has 244 valence electrons. The third kappa shape index (κ3) is 5.99. The number of anilines is 1. The molecule has 0 N–H and O–H groups in total. The van der Waals surface area contributed by atoms with Crippen LogP contribution in [0.3, 0.4) is 0 Å². The van der Waals surface area contributed by atoms with Crippen LogP contribution in [-0.2, 0) is 21.0 Å². The molecule has 1 aliphatic carbocycles. The van der Waals surface area contributed by atoms with Gasteiger partial charge in [0.25, 0.3) is 5.91 Å². The molecule has 5 rings (SSSR count). The average molecular weight is 682 g/mol. The van der Waals surface area contributed by atoms with Crippen LogP contribution in [0, 0.1) is 5.92 Å². The molecule has 1 unspecified atom stereocenters. The fourth-order valence-corrected chi connectivity index (χ4v) is 10.6. The van der Waals surface area contributed by atoms with Crippen LogP contribution in [0.15, 0.2) is 53.1 Å². The molecule has 0 saturated heterocycles. The topological polar surface area (TPSA) is 45.9 Å². The van der Waals surface area contributed by atoms with E-state index in [0.29, 0.717) is 29.2 Å². The lowest BCUT2D eigenvalue weighted by molar-refractivity contribution is -0.141. The highest BCUT2D eigenvalue weighted by molar-refractivity contribution is 6.74. The molecule has 5 nitrogen and oxygen atoms in total. The van der Waals surface area contributed by atoms with Crippen LogP contribution in [0.1, 0.15) is 64.2 Å². The van der Waals surface area contributed by atoms with Gasteiger partial charge >= 0.3 is 6.18 Å². The van der Waals surface area contributed by atoms with Gasteiger partial charge in [-0.25, -0.2) is 0 Å². The lowest BCUT2D eigenvalue weighted by Gasteiger charge is -2.44. The van der Waals surface area contributed by atoms with Gasteiger partial charge in [0.2, 0.25) is 0 Å². The fourth-order valence-electron chi connectivity index (χ4n) is 7.22. The molecule has 1 aliphatic heterocycles. The molecule has 2 heterocycles. The van der Waals surface area contributed by atoms with Crippen molar-refractivity contribution in [2.45, 2.75) is 83.4 Å². The van der Waals surface area contributed by atoms with Crippen molar-refractivity contribution in [3.63, 3.8) is 0 Å². The number of hydrogen-bond donors (Lipinski definition) is 0. The first-order valence-corrected chi connectivity index (χ1v) is 19.2. The number of nitrogens with zero attached hydrogens (tertiary/aromatic N) is 2. The van der Waals surface area contributed by atoms with Crippen LogP contribution in [0.25, 0.3) is 11.3 Å². The molecule has 3 aromatic rings. The number of furan rings is 1. The average Bonchev–Trinajstić information content (AvgIpc) is 3.61. The Labute approximate surface area is 274 Å². The molecule has 0 bridgehead atoms. The van der Waals surface area contributed by atoms with Crippen molar-refractivity contribution in [3.05, 3.63) is 75.5 Å². The number of fused-ring (bicyclic) bond motifs is 1. The zero-order valence-electron chi connectivity index (χ0n) is 26.4. The van der Waals surface area contributed by atoms with Crippen LogP contribution < -0.4 is 4.90 Å². The van der Waals surface area contributed by atoms with E-state index >= 15 is 18.0 Å². The summed E-state index contributed by atoms with van der Waals surface area (Å²) in [6.45, 7) is 12.3. The standard InChI is InChI=1S/C34H41Cl2F3N2O3Si/c1-6-40(7-2)25-16-22(17-25)21-41-29-19-23(30-12-11-15-43-30)18-27(34(37,38)39)31(29)33(32(41)42,44-45(8-3,9-4)10-5)26-14-13-24(35)20-28(26)36/h11-15,18-20,22,25H,6-10,16-17,21H2,1-5H3/t22-,25-,33?. The van der Waals surface area contributed by atoms with Crippen molar-refractivity contribution in [2.75, 3.05) is 24.5 Å². The van der Waals surface area contributed by atoms with Gasteiger partial charge in [0.05, 0.1) is 17.5 Å². The normalized spacial score (nSPS) is 21.8. The summed E-state index contributed by atoms with van der Waals surface area (Å²) in [5, 5.41) is 0.399. The number of alkyl halides is 3. The highest BCUT2D eigenvalue weighted by Crippen LogP contribution is 2.57. The van der Waals surface area contributed by atoms with Crippen molar-refractivity contribution < 1.29 is 26.8 Å². The van der Waals surface area contributed by atoms with Crippen molar-refractivity contribution in [1.82, 2.24) is 4.90 Å². The van der Waals surface area contributed by atoms with Crippen LogP contribution in [0.5, 0.6) is 0 Å². The van der Waals surface area contributed by atoms with E-state index in [2.05, 4.69) is 18.7 Å². The minimum Gasteiger partial charge on any atom is -0.464 e. The van der Waals surface area contributed by atoms with E-state index in [1.54, 1.807) is 30.3 Å². The van der Waals surface area contributed by atoms with Gasteiger partial charge in [0, 0.05) is 39.3 Å². The van der Waals surface area contributed by atoms with E-state index in [0.717, 1.165) is 32.0 Å². The number of halogens is 5. The van der Waals surface area contributed by atoms with Crippen LogP contribution in [0.4, 0.5) is 18.9 Å². The maximum Gasteiger partial charge on any atom is 0.416 e. The van der Waals surface area contributed by atoms with Gasteiger partial charge in [-0.05, 0) is 86.4 Å². The number of amides is 1. The van der Waals surface area contributed by atoms with Gasteiger partial charge in [-0.3, -0.25) is 4.79 Å². The number of benzene rings is 2. The monoisotopic (exact) mass is 680 g/mol. The van der Waals surface area contributed by atoms with Crippen LogP contribution in [-0.4, -0.2) is 44.8 Å². The van der Waals surface area contributed by atoms with E-state index in [1.165, 1.54) is 17.2 Å². The Hall–Kier alpha value is -2.30. The lowest BCUT2D eigenvalue weighted by atomic mass is 9.78. The summed E-state index contributed by atoms with van der Waals surface area (Å²) in [6.07, 6.45) is -1.67. The molecule has 11 heteroatoms. The summed E-state index contributed by atoms with van der Waals surface area (Å²) in [5.41, 5.74) is -2.63. The Morgan fingerprint density at radius 3 is 2.22 bits per heavy atom. The summed E-state index contributed by atoms with van der Waals surface area (Å²) in [5.74, 6) is -0.137. The maximum absolute atomic E-state index is 15.3. The first-order chi connectivity index (χ1) is 21.4. The third-order valence-corrected chi connectivity index (χ3v) is 15.2. The molecule has 2 aromatic carbocycles. The minimum absolute atomic E-state index is 0.0864. The molecule has 1 amide bonds. The molecule has 2 aliphatic rings. The second-order valence-corrected chi connectivity index (χ2v) is 17.7. The fraction of sp³-hybridized carbons (Fsp3) is 0.500. The molecular formula is C34H41Cl2F3N2O3Si. The Kier molecular flexibility index (Phi) is 9.89. The van der Waals surface area contributed by atoms with Crippen LogP contribution >= 0.6 is 23.2 Å². The minimum atomic E-state index is -4.81. The van der Waals surface area contributed by atoms with E-state index in [1.807, 2.05) is 20.8 Å². The van der Waals surface area contributed by atoms with E-state index in [-0.39, 0.29) is 45.6 Å². The second-order valence-electron chi connectivity index (χ2n) is 12.2. The predicted octanol–water partition coefficient (Wildman–Crippen LogP) is 10.0. The SMILES string of the molecule is CCN(CC)[C@H]1C[C@H](CN2C(=O)C(O[Si](CC)(CC)CC)(c3ccc(Cl)cc3Cl)c3c2cc(-c2ccco2)cc3C(F)(F)F)C1. The quantitative estimate of drug-likeness (QED) is 0.179. The number of carbonyl (C=O) groups is 1. The smallest absolute Gasteiger partial charge is 0.416 e. The summed E-state index contributed by atoms with van der Waals surface area (Å²) in [7, 11) is -2.76. The molecule has 1 saturated carbocycles. The number of carbonyl (C=O) groups excluding carboxylic acids is 1. The molecule has 0 radical (unpaired) electrons. The van der Waals surface area contributed by atoms with Crippen molar-refractivity contribution in [1.29, 1.82) is 0 Å². The Morgan fingerprint density at radius 2 is 1.69 bits per heavy atom. The van der Waals surface area contributed by atoms with Gasteiger partial charge in [-0.2, -0.15) is 13.2 Å². The summed E-state index contributed by atoms with van der Waals surface area (Å²) < 4.78 is 58.6. The van der Waals surface area contributed by atoms with Gasteiger partial charge in [-0.1, -0.05) is 63.9 Å². The Bertz CT molecular complexity index is 1510. The molecule has 45 heavy (non-hydrogen) atoms. The number of rotatable bonds is 12. The van der Waals surface area contributed by atoms with Gasteiger partial charge in [0.1, 0.15) is 5.76 Å². The Morgan fingerprint density at radius 1 is 1.02 bits per heavy atom. The Balaban J connectivity index is 1.79. The lowest BCUT2D eigenvalue weighted by Crippen LogP contribution is -2.54. The first-order valence-electron chi connectivity index (χ1n) is 15.9. The number of hydrogen-bond acceptors (Lipinski definition) is 4. The molecule has 0 spiro atoms. The van der Waals surface area contributed by atoms with Crippen molar-refractivity contribution in [3.8, 4) is 11.3 Å². The largest absolute Gasteiger partial charge is 0.464 e. The summed E-state index contributed by atoms with van der Waals surface area (Å²) >= 11 is 13.1. The van der Waals surface area contributed by atoms with Gasteiger partial charge in [0.15, 0.2) is 13.9 Å². The molecule has 1 fully saturated rings. The highest BCUT2D eigenvalue weighted by atomic mass is 35.5.